The lowest BCUT2D eigenvalue weighted by Crippen LogP contribution is -2.16. The highest BCUT2D eigenvalue weighted by Crippen LogP contribution is 2.40. The van der Waals surface area contributed by atoms with Crippen LogP contribution >= 0.6 is 0 Å². The fourth-order valence-electron chi connectivity index (χ4n) is 10.3. The van der Waals surface area contributed by atoms with Gasteiger partial charge in [-0.25, -0.2) is 28.8 Å². The van der Waals surface area contributed by atoms with E-state index in [-0.39, 0.29) is 33.4 Å². The Morgan fingerprint density at radius 2 is 0.493 bits per heavy atom. The molecule has 12 rings (SSSR count). The lowest BCUT2D eigenvalue weighted by Gasteiger charge is -2.18. The first-order chi connectivity index (χ1) is 36.7. The van der Waals surface area contributed by atoms with E-state index in [9.17, 15) is 19.2 Å². The number of hydrogen-bond donors (Lipinski definition) is 0. The molecule has 75 heavy (non-hydrogen) atoms. The molecular formula is C66H38O9. The van der Waals surface area contributed by atoms with Crippen molar-refractivity contribution >= 4 is 100 Å². The van der Waals surface area contributed by atoms with Crippen LogP contribution in [0.1, 0.15) is 62.1 Å². The van der Waals surface area contributed by atoms with E-state index in [0.717, 1.165) is 10.8 Å². The molecule has 9 heteroatoms. The SMILES string of the molecule is O=C(OC(=O)c1cccc2cccc(-c3ccc4ccccc4c3C(=O)OC(=O)c3c(-c4cccc5cccc(C(=O)OC(=O)c6cccc7ccccc67)c45)ccc4ccccc34)c12)c1cccc2ccccc12. The lowest BCUT2D eigenvalue weighted by molar-refractivity contribution is 0.0382. The van der Waals surface area contributed by atoms with Crippen molar-refractivity contribution in [3.8, 4) is 22.3 Å². The molecule has 0 radical (unpaired) electrons. The normalized spacial score (nSPS) is 11.3. The maximum absolute atomic E-state index is 15.2. The van der Waals surface area contributed by atoms with Gasteiger partial charge < -0.3 is 14.2 Å². The number of ether oxygens (including phenoxy) is 3. The Morgan fingerprint density at radius 3 is 0.893 bits per heavy atom. The van der Waals surface area contributed by atoms with Gasteiger partial charge in [0.15, 0.2) is 0 Å². The number of rotatable bonds is 8. The van der Waals surface area contributed by atoms with Gasteiger partial charge in [-0.1, -0.05) is 206 Å². The van der Waals surface area contributed by atoms with E-state index >= 15 is 9.59 Å². The first-order valence-electron chi connectivity index (χ1n) is 24.0. The van der Waals surface area contributed by atoms with Crippen LogP contribution in [0.25, 0.3) is 86.9 Å². The summed E-state index contributed by atoms with van der Waals surface area (Å²) in [6, 6.07) is 67.5. The highest BCUT2D eigenvalue weighted by molar-refractivity contribution is 6.23. The molecule has 0 spiro atoms. The summed E-state index contributed by atoms with van der Waals surface area (Å²) in [5.74, 6) is -5.36. The van der Waals surface area contributed by atoms with Gasteiger partial charge >= 0.3 is 35.8 Å². The summed E-state index contributed by atoms with van der Waals surface area (Å²) < 4.78 is 17.3. The monoisotopic (exact) mass is 974 g/mol. The smallest absolute Gasteiger partial charge is 0.347 e. The molecule has 0 aromatic heterocycles. The van der Waals surface area contributed by atoms with Crippen molar-refractivity contribution in [3.63, 3.8) is 0 Å². The Balaban J connectivity index is 0.942. The van der Waals surface area contributed by atoms with Crippen LogP contribution in [-0.4, -0.2) is 35.8 Å². The average molecular weight is 975 g/mol. The molecule has 0 aliphatic carbocycles. The average Bonchev–Trinajstić information content (AvgIpc) is 3.45. The summed E-state index contributed by atoms with van der Waals surface area (Å²) in [5.41, 5.74) is 2.33. The van der Waals surface area contributed by atoms with Crippen LogP contribution in [-0.2, 0) is 14.2 Å². The first kappa shape index (κ1) is 45.7. The van der Waals surface area contributed by atoms with Crippen molar-refractivity contribution in [2.75, 3.05) is 0 Å². The topological polar surface area (TPSA) is 130 Å². The van der Waals surface area contributed by atoms with E-state index in [1.165, 1.54) is 0 Å². The minimum absolute atomic E-state index is 0.0526. The van der Waals surface area contributed by atoms with Crippen LogP contribution in [0.4, 0.5) is 0 Å². The number of esters is 6. The zero-order valence-electron chi connectivity index (χ0n) is 39.6. The molecule has 0 bridgehead atoms. The molecule has 0 N–H and O–H groups in total. The number of carbonyl (C=O) groups is 6. The van der Waals surface area contributed by atoms with Gasteiger partial charge in [-0.2, -0.15) is 0 Å². The second-order valence-electron chi connectivity index (χ2n) is 17.9. The highest BCUT2D eigenvalue weighted by atomic mass is 16.6. The van der Waals surface area contributed by atoms with Gasteiger partial charge in [0.1, 0.15) is 0 Å². The van der Waals surface area contributed by atoms with E-state index in [4.69, 9.17) is 14.2 Å². The Bertz CT molecular complexity index is 4110. The zero-order chi connectivity index (χ0) is 51.2. The minimum Gasteiger partial charge on any atom is -0.386 e. The predicted molar refractivity (Wildman–Crippen MR) is 291 cm³/mol. The summed E-state index contributed by atoms with van der Waals surface area (Å²) in [4.78, 5) is 86.2. The van der Waals surface area contributed by atoms with Crippen molar-refractivity contribution in [2.24, 2.45) is 0 Å². The number of fused-ring (bicyclic) bond motifs is 6. The molecule has 0 fully saturated rings. The third kappa shape index (κ3) is 8.20. The standard InChI is InChI=1S/C66H38O9/c67-61(53-31-9-19-39-15-1-5-25-45(39)53)73-63(69)55-33-13-23-43-21-11-29-49(57(43)55)51-37-35-41-17-3-7-27-47(41)59(51)65(71)75-66(72)60-48-28-8-4-18-42(48)36-38-52(60)50-30-12-22-44-24-14-34-56(58(44)50)64(70)74-62(68)54-32-10-20-40-16-2-6-26-46(40)54/h1-38H. The molecule has 12 aromatic rings. The molecule has 9 nitrogen and oxygen atoms in total. The fraction of sp³-hybridized carbons (Fsp3) is 0. The van der Waals surface area contributed by atoms with E-state index in [2.05, 4.69) is 0 Å². The van der Waals surface area contributed by atoms with E-state index < -0.39 is 35.8 Å². The Labute approximate surface area is 427 Å². The quantitative estimate of drug-likeness (QED) is 0.0830. The summed E-state index contributed by atoms with van der Waals surface area (Å²) in [6.07, 6.45) is 0. The Kier molecular flexibility index (Phi) is 11.6. The Morgan fingerprint density at radius 1 is 0.213 bits per heavy atom. The summed E-state index contributed by atoms with van der Waals surface area (Å²) in [7, 11) is 0. The van der Waals surface area contributed by atoms with Gasteiger partial charge in [-0.3, -0.25) is 0 Å². The van der Waals surface area contributed by atoms with Crippen molar-refractivity contribution in [1.29, 1.82) is 0 Å². The van der Waals surface area contributed by atoms with Crippen molar-refractivity contribution < 1.29 is 43.0 Å². The minimum atomic E-state index is -0.969. The predicted octanol–water partition coefficient (Wildman–Crippen LogP) is 14.9. The Hall–Kier alpha value is -10.4. The molecular weight excluding hydrogens is 937 g/mol. The maximum atomic E-state index is 15.2. The number of hydrogen-bond acceptors (Lipinski definition) is 9. The van der Waals surface area contributed by atoms with Gasteiger partial charge in [0.05, 0.1) is 33.4 Å². The largest absolute Gasteiger partial charge is 0.386 e. The molecule has 12 aromatic carbocycles. The second kappa shape index (κ2) is 19.0. The van der Waals surface area contributed by atoms with Crippen LogP contribution < -0.4 is 0 Å². The summed E-state index contributed by atoms with van der Waals surface area (Å²) >= 11 is 0. The molecule has 0 aliphatic heterocycles. The third-order valence-electron chi connectivity index (χ3n) is 13.7. The maximum Gasteiger partial charge on any atom is 0.347 e. The number of carbonyl (C=O) groups excluding carboxylic acids is 6. The summed E-state index contributed by atoms with van der Waals surface area (Å²) in [6.45, 7) is 0. The third-order valence-corrected chi connectivity index (χ3v) is 13.7. The fourth-order valence-corrected chi connectivity index (χ4v) is 10.3. The van der Waals surface area contributed by atoms with Gasteiger partial charge in [-0.05, 0) is 100 Å². The van der Waals surface area contributed by atoms with Crippen LogP contribution in [0, 0.1) is 0 Å². The van der Waals surface area contributed by atoms with Crippen LogP contribution in [0.3, 0.4) is 0 Å². The van der Waals surface area contributed by atoms with Crippen LogP contribution in [0.15, 0.2) is 231 Å². The molecule has 0 unspecified atom stereocenters. The van der Waals surface area contributed by atoms with Crippen molar-refractivity contribution in [2.45, 2.75) is 0 Å². The van der Waals surface area contributed by atoms with Crippen molar-refractivity contribution in [1.82, 2.24) is 0 Å². The van der Waals surface area contributed by atoms with Gasteiger partial charge in [0, 0.05) is 10.8 Å². The van der Waals surface area contributed by atoms with Crippen LogP contribution in [0.5, 0.6) is 0 Å². The van der Waals surface area contributed by atoms with Gasteiger partial charge in [0.2, 0.25) is 0 Å². The van der Waals surface area contributed by atoms with Gasteiger partial charge in [0.25, 0.3) is 0 Å². The van der Waals surface area contributed by atoms with Crippen molar-refractivity contribution in [3.05, 3.63) is 264 Å². The zero-order valence-corrected chi connectivity index (χ0v) is 39.6. The molecule has 0 atom stereocenters. The highest BCUT2D eigenvalue weighted by Gasteiger charge is 2.29. The molecule has 0 heterocycles. The molecule has 0 aliphatic rings. The molecule has 0 amide bonds. The molecule has 0 saturated carbocycles. The van der Waals surface area contributed by atoms with E-state index in [1.807, 2.05) is 97.1 Å². The molecule has 356 valence electrons. The molecule has 0 saturated heterocycles. The lowest BCUT2D eigenvalue weighted by atomic mass is 9.89. The van der Waals surface area contributed by atoms with Crippen LogP contribution in [0.2, 0.25) is 0 Å². The summed E-state index contributed by atoms with van der Waals surface area (Å²) in [5, 5.41) is 7.27. The second-order valence-corrected chi connectivity index (χ2v) is 17.9. The number of benzene rings is 12. The van der Waals surface area contributed by atoms with E-state index in [1.54, 1.807) is 133 Å². The first-order valence-corrected chi connectivity index (χ1v) is 24.0. The van der Waals surface area contributed by atoms with Gasteiger partial charge in [-0.15, -0.1) is 0 Å². The van der Waals surface area contributed by atoms with E-state index in [0.29, 0.717) is 76.1 Å².